The summed E-state index contributed by atoms with van der Waals surface area (Å²) in [5.74, 6) is -0.934. The predicted molar refractivity (Wildman–Crippen MR) is 96.3 cm³/mol. The zero-order valence-corrected chi connectivity index (χ0v) is 14.4. The van der Waals surface area contributed by atoms with Crippen LogP contribution in [0.25, 0.3) is 21.7 Å². The van der Waals surface area contributed by atoms with Crippen LogP contribution < -0.4 is 11.1 Å². The van der Waals surface area contributed by atoms with Crippen molar-refractivity contribution in [2.75, 3.05) is 5.32 Å². The SMILES string of the molecule is Cn1cc(C(=O)Nc2cccc3[nH]c(=O)oc23)c(-c2ccc(Cl)s2)n1. The van der Waals surface area contributed by atoms with Crippen molar-refractivity contribution >= 4 is 45.6 Å². The molecule has 0 fully saturated rings. The number of oxazole rings is 1. The fourth-order valence-corrected chi connectivity index (χ4v) is 3.58. The monoisotopic (exact) mass is 374 g/mol. The Morgan fingerprint density at radius 3 is 2.96 bits per heavy atom. The van der Waals surface area contributed by atoms with Crippen molar-refractivity contribution in [3.8, 4) is 10.6 Å². The number of aryl methyl sites for hydroxylation is 1. The number of halogens is 1. The number of aromatic nitrogens is 3. The molecule has 126 valence electrons. The van der Waals surface area contributed by atoms with E-state index in [0.29, 0.717) is 32.4 Å². The molecule has 0 aliphatic heterocycles. The maximum Gasteiger partial charge on any atom is 0.417 e. The first kappa shape index (κ1) is 15.7. The maximum atomic E-state index is 12.8. The number of nitrogens with zero attached hydrogens (tertiary/aromatic N) is 2. The van der Waals surface area contributed by atoms with E-state index in [-0.39, 0.29) is 5.91 Å². The summed E-state index contributed by atoms with van der Waals surface area (Å²) in [6.45, 7) is 0. The first-order chi connectivity index (χ1) is 12.0. The van der Waals surface area contributed by atoms with Gasteiger partial charge in [-0.25, -0.2) is 4.79 Å². The fourth-order valence-electron chi connectivity index (χ4n) is 2.54. The second kappa shape index (κ2) is 5.91. The molecule has 25 heavy (non-hydrogen) atoms. The van der Waals surface area contributed by atoms with Gasteiger partial charge in [0.2, 0.25) is 0 Å². The average Bonchev–Trinajstić information content (AvgIpc) is 3.25. The topological polar surface area (TPSA) is 92.9 Å². The van der Waals surface area contributed by atoms with Gasteiger partial charge in [0.05, 0.1) is 26.0 Å². The van der Waals surface area contributed by atoms with Crippen molar-refractivity contribution in [2.45, 2.75) is 0 Å². The van der Waals surface area contributed by atoms with Crippen molar-refractivity contribution in [3.05, 3.63) is 57.0 Å². The number of nitrogens with one attached hydrogen (secondary N) is 2. The highest BCUT2D eigenvalue weighted by molar-refractivity contribution is 7.19. The van der Waals surface area contributed by atoms with Gasteiger partial charge in [0.15, 0.2) is 5.58 Å². The lowest BCUT2D eigenvalue weighted by molar-refractivity contribution is 0.102. The van der Waals surface area contributed by atoms with Crippen LogP contribution >= 0.6 is 22.9 Å². The van der Waals surface area contributed by atoms with Crippen LogP contribution in [0.1, 0.15) is 10.4 Å². The summed E-state index contributed by atoms with van der Waals surface area (Å²) < 4.78 is 7.28. The Morgan fingerprint density at radius 1 is 1.36 bits per heavy atom. The third-order valence-electron chi connectivity index (χ3n) is 3.57. The van der Waals surface area contributed by atoms with E-state index in [2.05, 4.69) is 15.4 Å². The molecule has 2 N–H and O–H groups in total. The second-order valence-corrected chi connectivity index (χ2v) is 7.03. The summed E-state index contributed by atoms with van der Waals surface area (Å²) in [6, 6.07) is 8.64. The lowest BCUT2D eigenvalue weighted by Gasteiger charge is -2.05. The van der Waals surface area contributed by atoms with Crippen LogP contribution in [0, 0.1) is 0 Å². The molecule has 4 aromatic rings. The van der Waals surface area contributed by atoms with Gasteiger partial charge < -0.3 is 9.73 Å². The molecule has 4 rings (SSSR count). The van der Waals surface area contributed by atoms with Crippen molar-refractivity contribution in [1.82, 2.24) is 14.8 Å². The molecule has 0 aliphatic carbocycles. The highest BCUT2D eigenvalue weighted by Gasteiger charge is 2.20. The molecule has 0 saturated heterocycles. The van der Waals surface area contributed by atoms with E-state index >= 15 is 0 Å². The van der Waals surface area contributed by atoms with Crippen LogP contribution in [0.5, 0.6) is 0 Å². The molecule has 0 bridgehead atoms. The number of amides is 1. The smallest absolute Gasteiger partial charge is 0.406 e. The van der Waals surface area contributed by atoms with Gasteiger partial charge in [-0.05, 0) is 24.3 Å². The first-order valence-electron chi connectivity index (χ1n) is 7.24. The van der Waals surface area contributed by atoms with E-state index in [4.69, 9.17) is 16.0 Å². The predicted octanol–water partition coefficient (Wildman–Crippen LogP) is 3.49. The Bertz CT molecular complexity index is 1150. The third-order valence-corrected chi connectivity index (χ3v) is 4.81. The van der Waals surface area contributed by atoms with Gasteiger partial charge in [-0.15, -0.1) is 11.3 Å². The van der Waals surface area contributed by atoms with Gasteiger partial charge in [-0.2, -0.15) is 5.10 Å². The molecular formula is C16H11ClN4O3S. The number of thiophene rings is 1. The summed E-state index contributed by atoms with van der Waals surface area (Å²) in [5, 5.41) is 7.12. The summed E-state index contributed by atoms with van der Waals surface area (Å²) in [7, 11) is 1.74. The highest BCUT2D eigenvalue weighted by Crippen LogP contribution is 2.32. The van der Waals surface area contributed by atoms with Gasteiger partial charge in [0, 0.05) is 13.2 Å². The molecule has 1 aromatic carbocycles. The van der Waals surface area contributed by atoms with Crippen LogP contribution in [-0.2, 0) is 7.05 Å². The van der Waals surface area contributed by atoms with E-state index < -0.39 is 5.76 Å². The van der Waals surface area contributed by atoms with Crippen LogP contribution in [0.2, 0.25) is 4.34 Å². The number of hydrogen-bond acceptors (Lipinski definition) is 5. The molecular weight excluding hydrogens is 364 g/mol. The Hall–Kier alpha value is -2.84. The number of rotatable bonds is 3. The Balaban J connectivity index is 1.73. The van der Waals surface area contributed by atoms with E-state index in [1.54, 1.807) is 42.2 Å². The van der Waals surface area contributed by atoms with E-state index in [1.807, 2.05) is 6.07 Å². The Labute approximate surface area is 149 Å². The quantitative estimate of drug-likeness (QED) is 0.574. The number of hydrogen-bond donors (Lipinski definition) is 2. The van der Waals surface area contributed by atoms with Gasteiger partial charge >= 0.3 is 5.76 Å². The fraction of sp³-hybridized carbons (Fsp3) is 0.0625. The lowest BCUT2D eigenvalue weighted by atomic mass is 10.2. The molecule has 3 aromatic heterocycles. The standard InChI is InChI=1S/C16H11ClN4O3S/c1-21-7-8(13(20-21)11-5-6-12(17)25-11)15(22)18-9-3-2-4-10-14(9)24-16(23)19-10/h2-7H,1H3,(H,18,22)(H,19,23). The number of H-pyrrole nitrogens is 1. The number of anilines is 1. The zero-order chi connectivity index (χ0) is 17.6. The molecule has 7 nitrogen and oxygen atoms in total. The molecule has 0 spiro atoms. The van der Waals surface area contributed by atoms with Crippen molar-refractivity contribution < 1.29 is 9.21 Å². The number of carbonyl (C=O) groups is 1. The molecule has 1 amide bonds. The summed E-state index contributed by atoms with van der Waals surface area (Å²) >= 11 is 7.33. The average molecular weight is 375 g/mol. The minimum absolute atomic E-state index is 0.297. The largest absolute Gasteiger partial charge is 0.417 e. The number of benzene rings is 1. The number of carbonyl (C=O) groups excluding carboxylic acids is 1. The summed E-state index contributed by atoms with van der Waals surface area (Å²) in [4.78, 5) is 27.5. The highest BCUT2D eigenvalue weighted by atomic mass is 35.5. The summed E-state index contributed by atoms with van der Waals surface area (Å²) in [5.41, 5.74) is 2.15. The lowest BCUT2D eigenvalue weighted by Crippen LogP contribution is -2.12. The van der Waals surface area contributed by atoms with Crippen LogP contribution in [-0.4, -0.2) is 20.7 Å². The van der Waals surface area contributed by atoms with Crippen molar-refractivity contribution in [2.24, 2.45) is 7.05 Å². The molecule has 3 heterocycles. The van der Waals surface area contributed by atoms with Crippen molar-refractivity contribution in [1.29, 1.82) is 0 Å². The zero-order valence-electron chi connectivity index (χ0n) is 12.9. The molecule has 0 saturated carbocycles. The number of aromatic amines is 1. The maximum absolute atomic E-state index is 12.8. The third kappa shape index (κ3) is 2.86. The van der Waals surface area contributed by atoms with Crippen molar-refractivity contribution in [3.63, 3.8) is 0 Å². The molecule has 9 heteroatoms. The first-order valence-corrected chi connectivity index (χ1v) is 8.43. The molecule has 0 aliphatic rings. The minimum atomic E-state index is -0.577. The number of para-hydroxylation sites is 1. The van der Waals surface area contributed by atoms with Gasteiger partial charge in [0.25, 0.3) is 5.91 Å². The molecule has 0 atom stereocenters. The summed E-state index contributed by atoms with van der Waals surface area (Å²) in [6.07, 6.45) is 1.63. The van der Waals surface area contributed by atoms with Crippen LogP contribution in [0.15, 0.2) is 45.7 Å². The van der Waals surface area contributed by atoms with Crippen LogP contribution in [0.3, 0.4) is 0 Å². The van der Waals surface area contributed by atoms with E-state index in [0.717, 1.165) is 4.88 Å². The van der Waals surface area contributed by atoms with E-state index in [9.17, 15) is 9.59 Å². The van der Waals surface area contributed by atoms with Gasteiger partial charge in [-0.3, -0.25) is 14.5 Å². The number of fused-ring (bicyclic) bond motifs is 1. The van der Waals surface area contributed by atoms with Crippen LogP contribution in [0.4, 0.5) is 5.69 Å². The Morgan fingerprint density at radius 2 is 2.20 bits per heavy atom. The Kier molecular flexibility index (Phi) is 3.70. The normalized spacial score (nSPS) is 11.1. The minimum Gasteiger partial charge on any atom is -0.406 e. The molecule has 0 radical (unpaired) electrons. The van der Waals surface area contributed by atoms with Gasteiger partial charge in [0.1, 0.15) is 5.69 Å². The van der Waals surface area contributed by atoms with E-state index in [1.165, 1.54) is 11.3 Å². The molecule has 0 unspecified atom stereocenters. The van der Waals surface area contributed by atoms with Gasteiger partial charge in [-0.1, -0.05) is 17.7 Å². The second-order valence-electron chi connectivity index (χ2n) is 5.32.